The van der Waals surface area contributed by atoms with Gasteiger partial charge in [0.1, 0.15) is 12.6 Å². The molecule has 3 N–H and O–H groups in total. The summed E-state index contributed by atoms with van der Waals surface area (Å²) in [6.45, 7) is 0.201. The van der Waals surface area contributed by atoms with Crippen LogP contribution in [0.2, 0.25) is 0 Å². The molecule has 2 rings (SSSR count). The van der Waals surface area contributed by atoms with Crippen molar-refractivity contribution in [2.45, 2.75) is 12.6 Å². The number of primary amides is 1. The van der Waals surface area contributed by atoms with Gasteiger partial charge in [-0.25, -0.2) is 14.4 Å². The first-order valence-corrected chi connectivity index (χ1v) is 6.73. The predicted octanol–water partition coefficient (Wildman–Crippen LogP) is 0.473. The second kappa shape index (κ2) is 6.79. The number of carboxylic acid groups (broad SMARTS) is 1. The zero-order valence-corrected chi connectivity index (χ0v) is 11.8. The summed E-state index contributed by atoms with van der Waals surface area (Å²) in [6, 6.07) is 7.17. The monoisotopic (exact) mass is 307 g/mol. The molecule has 1 aromatic rings. The zero-order chi connectivity index (χ0) is 16.1. The Morgan fingerprint density at radius 1 is 1.23 bits per heavy atom. The topological polar surface area (TPSA) is 113 Å². The summed E-state index contributed by atoms with van der Waals surface area (Å²) in [5.41, 5.74) is 5.98. The van der Waals surface area contributed by atoms with Gasteiger partial charge in [0.05, 0.1) is 6.54 Å². The van der Waals surface area contributed by atoms with Gasteiger partial charge < -0.3 is 25.4 Å². The molecule has 8 heteroatoms. The third-order valence-corrected chi connectivity index (χ3v) is 3.41. The van der Waals surface area contributed by atoms with Crippen molar-refractivity contribution >= 4 is 18.1 Å². The van der Waals surface area contributed by atoms with Crippen molar-refractivity contribution in [3.63, 3.8) is 0 Å². The maximum atomic E-state index is 12.0. The number of rotatable bonds is 3. The average molecular weight is 307 g/mol. The molecule has 1 aromatic carbocycles. The van der Waals surface area contributed by atoms with E-state index < -0.39 is 24.1 Å². The Hall–Kier alpha value is -2.77. The fourth-order valence-electron chi connectivity index (χ4n) is 2.23. The first kappa shape index (κ1) is 15.6. The lowest BCUT2D eigenvalue weighted by atomic mass is 10.2. The number of carboxylic acids is 1. The van der Waals surface area contributed by atoms with Crippen LogP contribution in [0.3, 0.4) is 0 Å². The molecule has 0 spiro atoms. The lowest BCUT2D eigenvalue weighted by molar-refractivity contribution is -0.143. The Morgan fingerprint density at radius 3 is 2.50 bits per heavy atom. The van der Waals surface area contributed by atoms with E-state index in [0.29, 0.717) is 0 Å². The second-order valence-electron chi connectivity index (χ2n) is 4.87. The Balaban J connectivity index is 1.94. The van der Waals surface area contributed by atoms with Crippen molar-refractivity contribution in [1.29, 1.82) is 0 Å². The molecule has 0 saturated carbocycles. The third-order valence-electron chi connectivity index (χ3n) is 3.41. The first-order chi connectivity index (χ1) is 10.5. The van der Waals surface area contributed by atoms with Crippen molar-refractivity contribution in [3.8, 4) is 0 Å². The molecule has 0 aromatic heterocycles. The van der Waals surface area contributed by atoms with Gasteiger partial charge in [-0.3, -0.25) is 0 Å². The van der Waals surface area contributed by atoms with Crippen LogP contribution in [-0.4, -0.2) is 58.7 Å². The average Bonchev–Trinajstić information content (AvgIpc) is 2.52. The molecule has 0 radical (unpaired) electrons. The number of nitrogens with zero attached hydrogens (tertiary/aromatic N) is 2. The molecule has 22 heavy (non-hydrogen) atoms. The molecular formula is C14H17N3O5. The van der Waals surface area contributed by atoms with Crippen LogP contribution in [0.1, 0.15) is 5.56 Å². The molecule has 118 valence electrons. The number of urea groups is 1. The van der Waals surface area contributed by atoms with Crippen molar-refractivity contribution < 1.29 is 24.2 Å². The summed E-state index contributed by atoms with van der Waals surface area (Å²) in [7, 11) is 0. The lowest BCUT2D eigenvalue weighted by Gasteiger charge is -2.37. The van der Waals surface area contributed by atoms with Crippen LogP contribution in [0.4, 0.5) is 9.59 Å². The van der Waals surface area contributed by atoms with Crippen LogP contribution in [0.5, 0.6) is 0 Å². The number of amides is 3. The van der Waals surface area contributed by atoms with E-state index in [2.05, 4.69) is 0 Å². The van der Waals surface area contributed by atoms with E-state index in [1.807, 2.05) is 30.3 Å². The molecule has 1 heterocycles. The lowest BCUT2D eigenvalue weighted by Crippen LogP contribution is -2.60. The molecule has 1 saturated heterocycles. The van der Waals surface area contributed by atoms with Crippen LogP contribution in [0, 0.1) is 0 Å². The normalized spacial score (nSPS) is 17.9. The van der Waals surface area contributed by atoms with Crippen molar-refractivity contribution in [2.24, 2.45) is 5.73 Å². The maximum absolute atomic E-state index is 12.0. The Labute approximate surface area is 127 Å². The quantitative estimate of drug-likeness (QED) is 0.843. The predicted molar refractivity (Wildman–Crippen MR) is 75.9 cm³/mol. The van der Waals surface area contributed by atoms with Gasteiger partial charge in [-0.05, 0) is 5.56 Å². The largest absolute Gasteiger partial charge is 0.480 e. The number of piperazine rings is 1. The van der Waals surface area contributed by atoms with Gasteiger partial charge in [-0.15, -0.1) is 0 Å². The molecule has 1 aliphatic rings. The number of hydrogen-bond donors (Lipinski definition) is 2. The van der Waals surface area contributed by atoms with Gasteiger partial charge in [0.15, 0.2) is 0 Å². The minimum Gasteiger partial charge on any atom is -0.480 e. The van der Waals surface area contributed by atoms with Gasteiger partial charge in [-0.1, -0.05) is 30.3 Å². The van der Waals surface area contributed by atoms with Crippen LogP contribution < -0.4 is 5.73 Å². The Morgan fingerprint density at radius 2 is 1.91 bits per heavy atom. The van der Waals surface area contributed by atoms with Gasteiger partial charge in [-0.2, -0.15) is 0 Å². The minimum atomic E-state index is -1.21. The highest BCUT2D eigenvalue weighted by atomic mass is 16.6. The standard InChI is InChI=1S/C14H17N3O5/c15-13(20)17-7-6-16(8-11(17)12(18)19)14(21)22-9-10-4-2-1-3-5-10/h1-5,11H,6-9H2,(H2,15,20)(H,18,19). The molecule has 0 bridgehead atoms. The van der Waals surface area contributed by atoms with Gasteiger partial charge in [0.25, 0.3) is 0 Å². The number of nitrogens with two attached hydrogens (primary N) is 1. The fourth-order valence-corrected chi connectivity index (χ4v) is 2.23. The molecule has 1 fully saturated rings. The summed E-state index contributed by atoms with van der Waals surface area (Å²) < 4.78 is 5.15. The minimum absolute atomic E-state index is 0.0622. The maximum Gasteiger partial charge on any atom is 0.410 e. The van der Waals surface area contributed by atoms with E-state index in [-0.39, 0.29) is 26.2 Å². The fraction of sp³-hybridized carbons (Fsp3) is 0.357. The number of ether oxygens (including phenoxy) is 1. The highest BCUT2D eigenvalue weighted by Gasteiger charge is 2.36. The van der Waals surface area contributed by atoms with Crippen molar-refractivity contribution in [3.05, 3.63) is 35.9 Å². The molecule has 1 atom stereocenters. The summed E-state index contributed by atoms with van der Waals surface area (Å²) in [4.78, 5) is 36.7. The second-order valence-corrected chi connectivity index (χ2v) is 4.87. The highest BCUT2D eigenvalue weighted by molar-refractivity contribution is 5.83. The van der Waals surface area contributed by atoms with Crippen LogP contribution in [0.15, 0.2) is 30.3 Å². The number of carbonyl (C=O) groups excluding carboxylic acids is 2. The summed E-state index contributed by atoms with van der Waals surface area (Å²) in [5.74, 6) is -1.21. The van der Waals surface area contributed by atoms with E-state index >= 15 is 0 Å². The van der Waals surface area contributed by atoms with E-state index in [9.17, 15) is 14.4 Å². The smallest absolute Gasteiger partial charge is 0.410 e. The van der Waals surface area contributed by atoms with Crippen LogP contribution >= 0.6 is 0 Å². The van der Waals surface area contributed by atoms with Crippen LogP contribution in [0.25, 0.3) is 0 Å². The number of carbonyl (C=O) groups is 3. The van der Waals surface area contributed by atoms with E-state index in [4.69, 9.17) is 15.6 Å². The number of hydrogen-bond acceptors (Lipinski definition) is 4. The Kier molecular flexibility index (Phi) is 4.82. The summed E-state index contributed by atoms with van der Waals surface area (Å²) in [6.07, 6.45) is -0.612. The molecule has 0 aliphatic carbocycles. The molecule has 3 amide bonds. The summed E-state index contributed by atoms with van der Waals surface area (Å²) >= 11 is 0. The van der Waals surface area contributed by atoms with E-state index in [0.717, 1.165) is 10.5 Å². The summed E-state index contributed by atoms with van der Waals surface area (Å²) in [5, 5.41) is 9.14. The third kappa shape index (κ3) is 3.66. The van der Waals surface area contributed by atoms with Crippen molar-refractivity contribution in [1.82, 2.24) is 9.80 Å². The Bertz CT molecular complexity index is 563. The zero-order valence-electron chi connectivity index (χ0n) is 11.8. The van der Waals surface area contributed by atoms with Gasteiger partial charge in [0.2, 0.25) is 0 Å². The SMILES string of the molecule is NC(=O)N1CCN(C(=O)OCc2ccccc2)CC1C(=O)O. The highest BCUT2D eigenvalue weighted by Crippen LogP contribution is 2.12. The number of aliphatic carboxylic acids is 1. The molecule has 1 aliphatic heterocycles. The number of benzene rings is 1. The van der Waals surface area contributed by atoms with E-state index in [1.54, 1.807) is 0 Å². The van der Waals surface area contributed by atoms with Gasteiger partial charge in [0, 0.05) is 13.1 Å². The molecule has 1 unspecified atom stereocenters. The van der Waals surface area contributed by atoms with Crippen LogP contribution in [-0.2, 0) is 16.1 Å². The van der Waals surface area contributed by atoms with Gasteiger partial charge >= 0.3 is 18.1 Å². The first-order valence-electron chi connectivity index (χ1n) is 6.73. The molecular weight excluding hydrogens is 290 g/mol. The van der Waals surface area contributed by atoms with Crippen molar-refractivity contribution in [2.75, 3.05) is 19.6 Å². The molecule has 8 nitrogen and oxygen atoms in total. The van der Waals surface area contributed by atoms with E-state index in [1.165, 1.54) is 4.90 Å².